The van der Waals surface area contributed by atoms with Gasteiger partial charge < -0.3 is 29.9 Å². The van der Waals surface area contributed by atoms with Gasteiger partial charge in [0.05, 0.1) is 24.9 Å². The molecular weight excluding hydrogens is 660 g/mol. The third-order valence-corrected chi connectivity index (χ3v) is 10.5. The smallest absolute Gasteiger partial charge is 0.306 e. The van der Waals surface area contributed by atoms with Gasteiger partial charge in [-0.1, -0.05) is 142 Å². The first-order valence-electron chi connectivity index (χ1n) is 21.3. The molecule has 4 N–H and O–H groups in total. The number of carbonyl (C=O) groups excluding carboxylic acids is 3. The minimum Gasteiger partial charge on any atom is -0.462 e. The summed E-state index contributed by atoms with van der Waals surface area (Å²) in [4.78, 5) is 37.2. The maximum Gasteiger partial charge on any atom is 0.306 e. The molecule has 0 amide bonds. The summed E-state index contributed by atoms with van der Waals surface area (Å²) < 4.78 is 10.5. The van der Waals surface area contributed by atoms with E-state index in [1.807, 2.05) is 0 Å². The molecule has 0 aromatic rings. The van der Waals surface area contributed by atoms with Crippen LogP contribution in [-0.4, -0.2) is 75.8 Å². The lowest BCUT2D eigenvalue weighted by Gasteiger charge is -2.20. The highest BCUT2D eigenvalue weighted by Gasteiger charge is 2.41. The molecule has 304 valence electrons. The molecule has 9 heteroatoms. The number of esters is 2. The number of ketones is 1. The van der Waals surface area contributed by atoms with Crippen molar-refractivity contribution in [3.8, 4) is 0 Å². The van der Waals surface area contributed by atoms with Gasteiger partial charge in [0, 0.05) is 43.9 Å². The Morgan fingerprint density at radius 1 is 0.692 bits per heavy atom. The van der Waals surface area contributed by atoms with Crippen LogP contribution in [0.2, 0.25) is 0 Å². The average Bonchev–Trinajstić information content (AvgIpc) is 3.37. The normalized spacial score (nSPS) is 20.1. The molecule has 0 saturated heterocycles. The number of carbonyl (C=O) groups is 3. The van der Waals surface area contributed by atoms with Gasteiger partial charge in [-0.3, -0.25) is 14.4 Å². The third kappa shape index (κ3) is 25.3. The summed E-state index contributed by atoms with van der Waals surface area (Å²) in [7, 11) is 0. The van der Waals surface area contributed by atoms with Crippen LogP contribution < -0.4 is 0 Å². The monoisotopic (exact) mass is 739 g/mol. The number of Topliss-reactive ketones (excluding diaryl/α,β-unsaturated/α-hetero) is 1. The molecule has 1 saturated carbocycles. The summed E-state index contributed by atoms with van der Waals surface area (Å²) >= 11 is 0. The van der Waals surface area contributed by atoms with Crippen LogP contribution in [-0.2, 0) is 23.9 Å². The summed E-state index contributed by atoms with van der Waals surface area (Å²) in [6.07, 6.45) is 24.8. The van der Waals surface area contributed by atoms with Crippen LogP contribution in [0.15, 0.2) is 12.2 Å². The van der Waals surface area contributed by atoms with E-state index in [-0.39, 0.29) is 50.4 Å². The van der Waals surface area contributed by atoms with Crippen LogP contribution in [0.5, 0.6) is 0 Å². The van der Waals surface area contributed by atoms with Gasteiger partial charge in [0.25, 0.3) is 0 Å². The molecule has 6 atom stereocenters. The molecule has 0 heterocycles. The Morgan fingerprint density at radius 3 is 1.79 bits per heavy atom. The lowest BCUT2D eigenvalue weighted by Crippen LogP contribution is -2.28. The van der Waals surface area contributed by atoms with Crippen molar-refractivity contribution < 1.29 is 44.3 Å². The Bertz CT molecular complexity index is 936. The molecule has 1 rings (SSSR count). The molecule has 0 spiro atoms. The van der Waals surface area contributed by atoms with Gasteiger partial charge in [-0.25, -0.2) is 0 Å². The van der Waals surface area contributed by atoms with Gasteiger partial charge in [-0.05, 0) is 31.6 Å². The van der Waals surface area contributed by atoms with Crippen LogP contribution in [0, 0.1) is 17.8 Å². The van der Waals surface area contributed by atoms with E-state index in [4.69, 9.17) is 9.47 Å². The summed E-state index contributed by atoms with van der Waals surface area (Å²) in [6.45, 7) is 6.07. The summed E-state index contributed by atoms with van der Waals surface area (Å²) in [5.74, 6) is -0.877. The Balaban J connectivity index is 2.09. The number of hydrogen-bond donors (Lipinski definition) is 4. The number of aliphatic hydroxyl groups is 4. The molecular formula is C43H78O9. The fourth-order valence-electron chi connectivity index (χ4n) is 7.15. The Kier molecular flexibility index (Phi) is 29.2. The first-order chi connectivity index (χ1) is 25.1. The molecule has 0 unspecified atom stereocenters. The molecule has 0 aromatic carbocycles. The van der Waals surface area contributed by atoms with Crippen LogP contribution in [0.4, 0.5) is 0 Å². The van der Waals surface area contributed by atoms with Crippen molar-refractivity contribution in [3.05, 3.63) is 12.2 Å². The van der Waals surface area contributed by atoms with Crippen LogP contribution in [0.1, 0.15) is 188 Å². The molecule has 1 fully saturated rings. The fraction of sp³-hybridized carbons (Fsp3) is 0.884. The second kappa shape index (κ2) is 31.5. The van der Waals surface area contributed by atoms with Crippen LogP contribution in [0.25, 0.3) is 0 Å². The standard InChI is InChI=1S/C43H78O9/c1-4-5-18-24-35(45)28-29-38-39(41(48)31-40(38)47)30-36(46)25-21-22-26-42(49)51-33-37(32-44)52-43(50)27-20-17-15-13-11-9-7-6-8-10-12-14-16-19-23-34(2)3/h28-29,34-35,37-41,44-45,47-48H,4-27,30-33H2,1-3H3/b29-28+/t35-,37-,38+,39+,40+,41-/m0/s1. The SMILES string of the molecule is CCCCC[C@H](O)/C=C/[C@@H]1[C@@H](CC(=O)CCCCC(=O)OC[C@H](CO)OC(=O)CCCCCCCCCCCCCCCCC(C)C)[C@@H](O)C[C@H]1O. The van der Waals surface area contributed by atoms with E-state index < -0.39 is 48.9 Å². The molecule has 0 aromatic heterocycles. The molecule has 0 aliphatic heterocycles. The number of ether oxygens (including phenoxy) is 2. The van der Waals surface area contributed by atoms with Crippen molar-refractivity contribution in [3.63, 3.8) is 0 Å². The Labute approximate surface area is 316 Å². The zero-order valence-electron chi connectivity index (χ0n) is 33.3. The summed E-state index contributed by atoms with van der Waals surface area (Å²) in [5, 5.41) is 40.7. The maximum atomic E-state index is 12.7. The van der Waals surface area contributed by atoms with Crippen molar-refractivity contribution in [2.45, 2.75) is 212 Å². The lowest BCUT2D eigenvalue weighted by molar-refractivity contribution is -0.161. The molecule has 0 bridgehead atoms. The van der Waals surface area contributed by atoms with Crippen molar-refractivity contribution in [1.29, 1.82) is 0 Å². The fourth-order valence-corrected chi connectivity index (χ4v) is 7.15. The lowest BCUT2D eigenvalue weighted by atomic mass is 9.87. The number of rotatable bonds is 34. The predicted octanol–water partition coefficient (Wildman–Crippen LogP) is 8.71. The molecule has 52 heavy (non-hydrogen) atoms. The van der Waals surface area contributed by atoms with E-state index in [0.29, 0.717) is 19.3 Å². The number of aliphatic hydroxyl groups excluding tert-OH is 4. The second-order valence-electron chi connectivity index (χ2n) is 15.9. The highest BCUT2D eigenvalue weighted by Crippen LogP contribution is 2.36. The van der Waals surface area contributed by atoms with E-state index in [1.165, 1.54) is 77.0 Å². The van der Waals surface area contributed by atoms with E-state index in [0.717, 1.165) is 44.4 Å². The van der Waals surface area contributed by atoms with Gasteiger partial charge >= 0.3 is 11.9 Å². The van der Waals surface area contributed by atoms with E-state index >= 15 is 0 Å². The van der Waals surface area contributed by atoms with Gasteiger partial charge in [-0.2, -0.15) is 0 Å². The van der Waals surface area contributed by atoms with Gasteiger partial charge in [-0.15, -0.1) is 0 Å². The predicted molar refractivity (Wildman–Crippen MR) is 208 cm³/mol. The van der Waals surface area contributed by atoms with Crippen molar-refractivity contribution in [2.75, 3.05) is 13.2 Å². The van der Waals surface area contributed by atoms with E-state index in [2.05, 4.69) is 20.8 Å². The highest BCUT2D eigenvalue weighted by atomic mass is 16.6. The molecule has 9 nitrogen and oxygen atoms in total. The minimum atomic E-state index is -0.893. The van der Waals surface area contributed by atoms with Crippen LogP contribution >= 0.6 is 0 Å². The number of hydrogen-bond acceptors (Lipinski definition) is 9. The largest absolute Gasteiger partial charge is 0.462 e. The first-order valence-corrected chi connectivity index (χ1v) is 21.3. The van der Waals surface area contributed by atoms with Gasteiger partial charge in [0.1, 0.15) is 12.4 Å². The Morgan fingerprint density at radius 2 is 1.21 bits per heavy atom. The van der Waals surface area contributed by atoms with Gasteiger partial charge in [0.2, 0.25) is 0 Å². The second-order valence-corrected chi connectivity index (χ2v) is 15.9. The van der Waals surface area contributed by atoms with E-state index in [9.17, 15) is 34.8 Å². The summed E-state index contributed by atoms with van der Waals surface area (Å²) in [6, 6.07) is 0. The molecule has 1 aliphatic rings. The van der Waals surface area contributed by atoms with Crippen LogP contribution in [0.3, 0.4) is 0 Å². The first kappa shape index (κ1) is 48.2. The number of unbranched alkanes of at least 4 members (excludes halogenated alkanes) is 16. The van der Waals surface area contributed by atoms with Crippen molar-refractivity contribution >= 4 is 17.7 Å². The van der Waals surface area contributed by atoms with Crippen molar-refractivity contribution in [1.82, 2.24) is 0 Å². The average molecular weight is 739 g/mol. The minimum absolute atomic E-state index is 0.0418. The quantitative estimate of drug-likeness (QED) is 0.0289. The molecule has 1 aliphatic carbocycles. The summed E-state index contributed by atoms with van der Waals surface area (Å²) in [5.41, 5.74) is 0. The zero-order chi connectivity index (χ0) is 38.4. The topological polar surface area (TPSA) is 151 Å². The Hall–Kier alpha value is -1.81. The highest BCUT2D eigenvalue weighted by molar-refractivity contribution is 5.79. The third-order valence-electron chi connectivity index (χ3n) is 10.5. The van der Waals surface area contributed by atoms with E-state index in [1.54, 1.807) is 12.2 Å². The zero-order valence-corrected chi connectivity index (χ0v) is 33.3. The maximum absolute atomic E-state index is 12.7. The van der Waals surface area contributed by atoms with Gasteiger partial charge in [0.15, 0.2) is 6.10 Å². The molecule has 0 radical (unpaired) electrons. The van der Waals surface area contributed by atoms with Crippen molar-refractivity contribution in [2.24, 2.45) is 17.8 Å².